The number of halogens is 1. The molecule has 1 aromatic carbocycles. The monoisotopic (exact) mass is 136 g/mol. The van der Waals surface area contributed by atoms with Crippen LogP contribution in [0, 0.1) is 11.9 Å². The molecule has 1 rings (SSSR count). The van der Waals surface area contributed by atoms with E-state index < -0.39 is 5.82 Å². The second-order valence-corrected chi connectivity index (χ2v) is 1.60. The molecule has 0 aliphatic carbocycles. The van der Waals surface area contributed by atoms with Crippen molar-refractivity contribution in [3.05, 3.63) is 30.1 Å². The van der Waals surface area contributed by atoms with E-state index in [1.165, 1.54) is 24.3 Å². The quantitative estimate of drug-likeness (QED) is 0.425. The van der Waals surface area contributed by atoms with Gasteiger partial charge in [0.25, 0.3) is 0 Å². The maximum atomic E-state index is 12.1. The van der Waals surface area contributed by atoms with Crippen LogP contribution in [-0.4, -0.2) is 6.08 Å². The van der Waals surface area contributed by atoms with E-state index >= 15 is 0 Å². The highest BCUT2D eigenvalue weighted by molar-refractivity contribution is 5.47. The number of hydrogen-bond donors (Lipinski definition) is 0. The largest absolute Gasteiger partial charge is 0.240 e. The van der Waals surface area contributed by atoms with Crippen LogP contribution in [0.1, 0.15) is 0 Å². The maximum Gasteiger partial charge on any atom is 0.240 e. The van der Waals surface area contributed by atoms with Crippen molar-refractivity contribution in [2.75, 3.05) is 0 Å². The van der Waals surface area contributed by atoms with Crippen molar-refractivity contribution in [1.82, 2.24) is 0 Å². The van der Waals surface area contributed by atoms with Crippen LogP contribution in [0.4, 0.5) is 10.1 Å². The Morgan fingerprint density at radius 1 is 1.60 bits per heavy atom. The molecule has 0 aliphatic rings. The van der Waals surface area contributed by atoms with Gasteiger partial charge >= 0.3 is 0 Å². The van der Waals surface area contributed by atoms with Crippen LogP contribution in [0.3, 0.4) is 0 Å². The summed E-state index contributed by atoms with van der Waals surface area (Å²) in [6.45, 7) is 0. The van der Waals surface area contributed by atoms with Gasteiger partial charge < -0.3 is 0 Å². The van der Waals surface area contributed by atoms with Crippen molar-refractivity contribution in [3.63, 3.8) is 0 Å². The fourth-order valence-corrected chi connectivity index (χ4v) is 0.520. The van der Waals surface area contributed by atoms with Gasteiger partial charge in [-0.05, 0) is 18.2 Å². The molecule has 0 heterocycles. The molecule has 0 saturated carbocycles. The third kappa shape index (κ3) is 1.50. The van der Waals surface area contributed by atoms with E-state index in [9.17, 15) is 9.18 Å². The Balaban J connectivity index is 3.00. The summed E-state index contributed by atoms with van der Waals surface area (Å²) in [5, 5.41) is 0. The molecule has 3 heteroatoms. The zero-order valence-electron chi connectivity index (χ0n) is 4.97. The molecule has 0 atom stereocenters. The van der Waals surface area contributed by atoms with E-state index in [4.69, 9.17) is 0 Å². The average Bonchev–Trinajstić information content (AvgIpc) is 1.95. The third-order valence-electron chi connectivity index (χ3n) is 0.933. The van der Waals surface area contributed by atoms with E-state index in [0.29, 0.717) is 5.69 Å². The van der Waals surface area contributed by atoms with E-state index in [0.717, 1.165) is 0 Å². The van der Waals surface area contributed by atoms with Gasteiger partial charge in [0.05, 0.1) is 5.69 Å². The summed E-state index contributed by atoms with van der Waals surface area (Å²) in [6.07, 6.45) is 1.34. The molecule has 0 fully saturated rings. The lowest BCUT2D eigenvalue weighted by Crippen LogP contribution is -1.69. The predicted molar refractivity (Wildman–Crippen MR) is 33.0 cm³/mol. The molecule has 1 radical (unpaired) electrons. The lowest BCUT2D eigenvalue weighted by molar-refractivity contribution is 0.565. The van der Waals surface area contributed by atoms with E-state index in [-0.39, 0.29) is 0 Å². The molecule has 0 amide bonds. The summed E-state index contributed by atoms with van der Waals surface area (Å²) < 4.78 is 12.1. The number of rotatable bonds is 1. The van der Waals surface area contributed by atoms with Crippen molar-refractivity contribution < 1.29 is 9.18 Å². The average molecular weight is 136 g/mol. The molecule has 0 spiro atoms. The standard InChI is InChI=1S/C7H3FNO/c8-6-1-3-7(4-2-6)9-5-10/h1,3-4H. The molecule has 0 saturated heterocycles. The fraction of sp³-hybridized carbons (Fsp3) is 0. The SMILES string of the molecule is O=C=Nc1c[c]c(F)cc1. The summed E-state index contributed by atoms with van der Waals surface area (Å²) in [5.74, 6) is -0.468. The molecular weight excluding hydrogens is 133 g/mol. The smallest absolute Gasteiger partial charge is 0.211 e. The normalized spacial score (nSPS) is 8.50. The zero-order valence-corrected chi connectivity index (χ0v) is 4.97. The second kappa shape index (κ2) is 2.90. The molecule has 49 valence electrons. The summed E-state index contributed by atoms with van der Waals surface area (Å²) in [4.78, 5) is 12.9. The molecule has 0 bridgehead atoms. The highest BCUT2D eigenvalue weighted by atomic mass is 19.1. The first-order chi connectivity index (χ1) is 4.83. The molecule has 2 nitrogen and oxygen atoms in total. The first-order valence-corrected chi connectivity index (χ1v) is 2.58. The lowest BCUT2D eigenvalue weighted by atomic mass is 10.3. The van der Waals surface area contributed by atoms with Gasteiger partial charge in [0.1, 0.15) is 5.82 Å². The zero-order chi connectivity index (χ0) is 7.40. The van der Waals surface area contributed by atoms with Crippen molar-refractivity contribution in [1.29, 1.82) is 0 Å². The Hall–Kier alpha value is -1.47. The van der Waals surface area contributed by atoms with Crippen LogP contribution in [0.2, 0.25) is 0 Å². The number of hydrogen-bond acceptors (Lipinski definition) is 2. The third-order valence-corrected chi connectivity index (χ3v) is 0.933. The van der Waals surface area contributed by atoms with Crippen LogP contribution in [0.15, 0.2) is 23.2 Å². The van der Waals surface area contributed by atoms with Gasteiger partial charge in [-0.3, -0.25) is 0 Å². The number of aliphatic imine (C=N–C) groups is 1. The minimum Gasteiger partial charge on any atom is -0.211 e. The van der Waals surface area contributed by atoms with Crippen molar-refractivity contribution >= 4 is 11.8 Å². The Labute approximate surface area is 57.0 Å². The Morgan fingerprint density at radius 3 is 2.90 bits per heavy atom. The van der Waals surface area contributed by atoms with Gasteiger partial charge in [0, 0.05) is 6.07 Å². The molecule has 0 aromatic heterocycles. The van der Waals surface area contributed by atoms with Gasteiger partial charge in [0.2, 0.25) is 6.08 Å². The minimum atomic E-state index is -0.468. The minimum absolute atomic E-state index is 0.358. The van der Waals surface area contributed by atoms with Crippen molar-refractivity contribution in [2.45, 2.75) is 0 Å². The molecule has 0 unspecified atom stereocenters. The van der Waals surface area contributed by atoms with Gasteiger partial charge in [-0.25, -0.2) is 9.18 Å². The lowest BCUT2D eigenvalue weighted by Gasteiger charge is -1.86. The predicted octanol–water partition coefficient (Wildman–Crippen LogP) is 1.59. The number of benzene rings is 1. The van der Waals surface area contributed by atoms with Crippen molar-refractivity contribution in [3.8, 4) is 0 Å². The van der Waals surface area contributed by atoms with Crippen LogP contribution in [0.25, 0.3) is 0 Å². The Kier molecular flexibility index (Phi) is 1.92. The van der Waals surface area contributed by atoms with E-state index in [2.05, 4.69) is 11.1 Å². The van der Waals surface area contributed by atoms with E-state index in [1.807, 2.05) is 0 Å². The fourth-order valence-electron chi connectivity index (χ4n) is 0.520. The van der Waals surface area contributed by atoms with Gasteiger partial charge in [-0.2, -0.15) is 4.99 Å². The summed E-state index contributed by atoms with van der Waals surface area (Å²) in [6, 6.07) is 6.07. The van der Waals surface area contributed by atoms with Crippen LogP contribution < -0.4 is 0 Å². The first-order valence-electron chi connectivity index (χ1n) is 2.58. The Morgan fingerprint density at radius 2 is 2.40 bits per heavy atom. The summed E-state index contributed by atoms with van der Waals surface area (Å²) >= 11 is 0. The van der Waals surface area contributed by atoms with Gasteiger partial charge in [-0.15, -0.1) is 0 Å². The summed E-state index contributed by atoms with van der Waals surface area (Å²) in [5.41, 5.74) is 0.358. The number of isocyanates is 1. The molecule has 0 N–H and O–H groups in total. The molecule has 10 heavy (non-hydrogen) atoms. The second-order valence-electron chi connectivity index (χ2n) is 1.60. The maximum absolute atomic E-state index is 12.1. The summed E-state index contributed by atoms with van der Waals surface area (Å²) in [7, 11) is 0. The first kappa shape index (κ1) is 6.65. The van der Waals surface area contributed by atoms with Crippen LogP contribution >= 0.6 is 0 Å². The van der Waals surface area contributed by atoms with E-state index in [1.54, 1.807) is 0 Å². The van der Waals surface area contributed by atoms with Crippen LogP contribution in [-0.2, 0) is 4.79 Å². The number of carbonyl (C=O) groups excluding carboxylic acids is 1. The van der Waals surface area contributed by atoms with Crippen molar-refractivity contribution in [2.24, 2.45) is 4.99 Å². The molecule has 0 aliphatic heterocycles. The van der Waals surface area contributed by atoms with Crippen LogP contribution in [0.5, 0.6) is 0 Å². The highest BCUT2D eigenvalue weighted by Gasteiger charge is 1.88. The molecule has 1 aromatic rings. The highest BCUT2D eigenvalue weighted by Crippen LogP contribution is 2.09. The molecular formula is C7H3FNO. The Bertz CT molecular complexity index is 261. The van der Waals surface area contributed by atoms with Gasteiger partial charge in [0.15, 0.2) is 0 Å². The van der Waals surface area contributed by atoms with Gasteiger partial charge in [-0.1, -0.05) is 0 Å². The number of nitrogens with zero attached hydrogens (tertiary/aromatic N) is 1. The topological polar surface area (TPSA) is 29.4 Å².